The van der Waals surface area contributed by atoms with Crippen molar-refractivity contribution >= 4 is 16.8 Å². The van der Waals surface area contributed by atoms with E-state index in [2.05, 4.69) is 16.9 Å². The van der Waals surface area contributed by atoms with E-state index in [1.807, 2.05) is 20.9 Å². The van der Waals surface area contributed by atoms with E-state index >= 15 is 0 Å². The minimum Gasteiger partial charge on any atom is -0.357 e. The summed E-state index contributed by atoms with van der Waals surface area (Å²) in [6, 6.07) is 1.80. The average Bonchev–Trinajstić information content (AvgIpc) is 3.11. The van der Waals surface area contributed by atoms with Crippen LogP contribution in [0.1, 0.15) is 38.5 Å². The zero-order valence-corrected chi connectivity index (χ0v) is 16.0. The fourth-order valence-electron chi connectivity index (χ4n) is 3.36. The number of hydrogen-bond acceptors (Lipinski definition) is 3. The van der Waals surface area contributed by atoms with E-state index in [0.717, 1.165) is 32.5 Å². The molecule has 6 nitrogen and oxygen atoms in total. The molecule has 2 aromatic heterocycles. The number of hydrogen-bond donors (Lipinski definition) is 1. The summed E-state index contributed by atoms with van der Waals surface area (Å²) in [5.74, 6) is 0.526. The molecule has 6 heteroatoms. The predicted octanol–water partition coefficient (Wildman–Crippen LogP) is 2.55. The highest BCUT2D eigenvalue weighted by Gasteiger charge is 2.23. The molecule has 1 aliphatic rings. The van der Waals surface area contributed by atoms with Crippen LogP contribution in [0.2, 0.25) is 0 Å². The van der Waals surface area contributed by atoms with Gasteiger partial charge in [-0.1, -0.05) is 13.8 Å². The van der Waals surface area contributed by atoms with Crippen molar-refractivity contribution in [3.8, 4) is 0 Å². The maximum absolute atomic E-state index is 12.8. The third-order valence-corrected chi connectivity index (χ3v) is 4.84. The second kappa shape index (κ2) is 8.34. The van der Waals surface area contributed by atoms with Crippen molar-refractivity contribution in [3.63, 3.8) is 0 Å². The molecule has 1 aliphatic heterocycles. The molecule has 0 aliphatic carbocycles. The fraction of sp³-hybridized carbons (Fsp3) is 0.579. The van der Waals surface area contributed by atoms with Gasteiger partial charge in [-0.15, -0.1) is 0 Å². The Kier molecular flexibility index (Phi) is 6.42. The first-order valence-corrected chi connectivity index (χ1v) is 9.08. The van der Waals surface area contributed by atoms with Crippen molar-refractivity contribution < 1.29 is 6.22 Å². The zero-order chi connectivity index (χ0) is 18.6. The van der Waals surface area contributed by atoms with Crippen LogP contribution in [0.3, 0.4) is 0 Å². The van der Waals surface area contributed by atoms with E-state index in [-0.39, 0.29) is 12.9 Å². The van der Waals surface area contributed by atoms with Gasteiger partial charge in [0.25, 0.3) is 11.5 Å². The Morgan fingerprint density at radius 3 is 2.60 bits per heavy atom. The molecule has 1 amide bonds. The molecule has 3 rings (SSSR count). The summed E-state index contributed by atoms with van der Waals surface area (Å²) in [6.07, 6.45) is 5.60. The number of nitrogens with zero attached hydrogens (tertiary/aromatic N) is 3. The Morgan fingerprint density at radius 1 is 1.32 bits per heavy atom. The van der Waals surface area contributed by atoms with Crippen molar-refractivity contribution in [2.24, 2.45) is 13.0 Å². The first-order chi connectivity index (χ1) is 12.0. The van der Waals surface area contributed by atoms with Gasteiger partial charge in [0.2, 0.25) is 0 Å². The van der Waals surface area contributed by atoms with Crippen LogP contribution >= 0.6 is 0 Å². The number of carbonyl (C=O) groups excluding carboxylic acids is 1. The minimum atomic E-state index is -0.112. The number of likely N-dealkylation sites (tertiary alicyclic amines) is 1. The highest BCUT2D eigenvalue weighted by molar-refractivity contribution is 6.05. The number of aryl methyl sites for hydroxylation is 1. The first kappa shape index (κ1) is 19.2. The van der Waals surface area contributed by atoms with E-state index in [9.17, 15) is 9.59 Å². The molecule has 0 unspecified atom stereocenters. The number of nitrogens with one attached hydrogen (secondary N) is 1. The highest BCUT2D eigenvalue weighted by atomic mass is 16.2. The van der Waals surface area contributed by atoms with Gasteiger partial charge in [-0.3, -0.25) is 9.59 Å². The van der Waals surface area contributed by atoms with Gasteiger partial charge in [0.1, 0.15) is 5.52 Å². The molecule has 0 bridgehead atoms. The topological polar surface area (TPSA) is 61.3 Å². The number of pyridine rings is 1. The van der Waals surface area contributed by atoms with Gasteiger partial charge in [0.15, 0.2) is 0 Å². The van der Waals surface area contributed by atoms with E-state index in [4.69, 9.17) is 0 Å². The van der Waals surface area contributed by atoms with E-state index in [1.165, 1.54) is 4.57 Å². The van der Waals surface area contributed by atoms with Crippen LogP contribution in [0.4, 0.5) is 0 Å². The van der Waals surface area contributed by atoms with Crippen LogP contribution < -0.4 is 5.56 Å². The van der Waals surface area contributed by atoms with E-state index in [1.54, 1.807) is 30.4 Å². The molecular formula is C19H32N4O2. The van der Waals surface area contributed by atoms with Gasteiger partial charge in [0.05, 0.1) is 5.56 Å². The standard InChI is InChI=1S/C17H24N4O2.C2H6.H2/c1-19-8-5-12(6-9-19)10-20(2)16(22)14-11-21(3)17(23)15-13(14)4-7-18-15;1-2;/h4,7,11-12,18H,5-6,8-10H2,1-3H3;1-2H3;1H. The number of fused-ring (bicyclic) bond motifs is 1. The summed E-state index contributed by atoms with van der Waals surface area (Å²) in [6.45, 7) is 6.95. The SMILES string of the molecule is CC.CN1CCC(CN(C)C(=O)c2cn(C)c(=O)c3[nH]ccc23)CC1.[HH]. The fourth-order valence-corrected chi connectivity index (χ4v) is 3.36. The molecule has 0 saturated carbocycles. The Hall–Kier alpha value is -2.08. The van der Waals surface area contributed by atoms with Crippen molar-refractivity contribution in [1.29, 1.82) is 0 Å². The van der Waals surface area contributed by atoms with E-state index in [0.29, 0.717) is 22.4 Å². The van der Waals surface area contributed by atoms with Gasteiger partial charge in [-0.25, -0.2) is 0 Å². The second-order valence-corrected chi connectivity index (χ2v) is 6.66. The molecule has 0 radical (unpaired) electrons. The number of amides is 1. The summed E-state index contributed by atoms with van der Waals surface area (Å²) in [4.78, 5) is 32.0. The largest absolute Gasteiger partial charge is 0.357 e. The summed E-state index contributed by atoms with van der Waals surface area (Å²) in [7, 11) is 5.67. The predicted molar refractivity (Wildman–Crippen MR) is 104 cm³/mol. The normalized spacial score (nSPS) is 15.7. The number of aromatic nitrogens is 2. The third-order valence-electron chi connectivity index (χ3n) is 4.84. The smallest absolute Gasteiger partial charge is 0.274 e. The molecule has 2 aromatic rings. The van der Waals surface area contributed by atoms with Crippen molar-refractivity contribution in [2.45, 2.75) is 26.7 Å². The van der Waals surface area contributed by atoms with Crippen molar-refractivity contribution in [2.75, 3.05) is 33.7 Å². The molecule has 1 saturated heterocycles. The lowest BCUT2D eigenvalue weighted by atomic mass is 9.96. The van der Waals surface area contributed by atoms with E-state index < -0.39 is 0 Å². The number of H-pyrrole nitrogens is 1. The van der Waals surface area contributed by atoms with Gasteiger partial charge in [-0.2, -0.15) is 0 Å². The lowest BCUT2D eigenvalue weighted by Crippen LogP contribution is -2.38. The summed E-state index contributed by atoms with van der Waals surface area (Å²) < 4.78 is 1.47. The molecule has 0 aromatic carbocycles. The Labute approximate surface area is 150 Å². The van der Waals surface area contributed by atoms with Crippen LogP contribution in [0.15, 0.2) is 23.3 Å². The number of carbonyl (C=O) groups is 1. The Balaban J connectivity index is 0.00000109. The molecule has 1 fully saturated rings. The van der Waals surface area contributed by atoms with Gasteiger partial charge in [-0.05, 0) is 45.0 Å². The van der Waals surface area contributed by atoms with Gasteiger partial charge in [0, 0.05) is 39.8 Å². The van der Waals surface area contributed by atoms with Crippen LogP contribution in [0.5, 0.6) is 0 Å². The Morgan fingerprint density at radius 2 is 1.96 bits per heavy atom. The lowest BCUT2D eigenvalue weighted by molar-refractivity contribution is 0.0748. The molecule has 3 heterocycles. The molecule has 25 heavy (non-hydrogen) atoms. The van der Waals surface area contributed by atoms with Crippen LogP contribution in [0, 0.1) is 5.92 Å². The maximum Gasteiger partial charge on any atom is 0.274 e. The lowest BCUT2D eigenvalue weighted by Gasteiger charge is -2.31. The summed E-state index contributed by atoms with van der Waals surface area (Å²) in [5.41, 5.74) is 0.962. The average molecular weight is 348 g/mol. The third kappa shape index (κ3) is 4.12. The molecule has 140 valence electrons. The van der Waals surface area contributed by atoms with Crippen LogP contribution in [-0.4, -0.2) is 59.0 Å². The molecule has 0 atom stereocenters. The van der Waals surface area contributed by atoms with Gasteiger partial charge >= 0.3 is 0 Å². The molecular weight excluding hydrogens is 316 g/mol. The Bertz CT molecular complexity index is 775. The second-order valence-electron chi connectivity index (χ2n) is 6.66. The highest BCUT2D eigenvalue weighted by Crippen LogP contribution is 2.20. The van der Waals surface area contributed by atoms with Gasteiger partial charge < -0.3 is 19.4 Å². The zero-order valence-electron chi connectivity index (χ0n) is 16.0. The number of rotatable bonds is 3. The quantitative estimate of drug-likeness (QED) is 0.927. The minimum absolute atomic E-state index is 0. The van der Waals surface area contributed by atoms with Crippen LogP contribution in [0.25, 0.3) is 10.9 Å². The summed E-state index contributed by atoms with van der Waals surface area (Å²) >= 11 is 0. The number of piperidine rings is 1. The summed E-state index contributed by atoms with van der Waals surface area (Å²) in [5, 5.41) is 0.702. The maximum atomic E-state index is 12.8. The van der Waals surface area contributed by atoms with Crippen molar-refractivity contribution in [1.82, 2.24) is 19.4 Å². The van der Waals surface area contributed by atoms with Crippen LogP contribution in [-0.2, 0) is 7.05 Å². The molecule has 0 spiro atoms. The monoisotopic (exact) mass is 348 g/mol. The molecule has 1 N–H and O–H groups in total. The van der Waals surface area contributed by atoms with Crippen molar-refractivity contribution in [3.05, 3.63) is 34.4 Å². The first-order valence-electron chi connectivity index (χ1n) is 9.08. The number of aromatic amines is 1.